The van der Waals surface area contributed by atoms with Crippen molar-refractivity contribution in [3.8, 4) is 17.0 Å². The van der Waals surface area contributed by atoms with Gasteiger partial charge in [0.2, 0.25) is 5.95 Å². The third-order valence-electron chi connectivity index (χ3n) is 9.01. The molecule has 7 rings (SSSR count). The highest BCUT2D eigenvalue weighted by atomic mass is 16.5. The number of anilines is 2. The summed E-state index contributed by atoms with van der Waals surface area (Å²) < 4.78 is 11.3. The monoisotopic (exact) mass is 541 g/mol. The van der Waals surface area contributed by atoms with Gasteiger partial charge in [-0.25, -0.2) is 15.0 Å². The Morgan fingerprint density at radius 1 is 1.15 bits per heavy atom. The van der Waals surface area contributed by atoms with Crippen molar-refractivity contribution in [2.24, 2.45) is 5.41 Å². The number of carbonyl (C=O) groups is 1. The molecule has 10 heteroatoms. The number of nitrogens with zero attached hydrogens (tertiary/aromatic N) is 4. The van der Waals surface area contributed by atoms with Crippen molar-refractivity contribution in [2.45, 2.75) is 50.7 Å². The molecule has 4 aliphatic rings. The molecule has 1 amide bonds. The molecule has 1 saturated carbocycles. The molecule has 0 radical (unpaired) electrons. The van der Waals surface area contributed by atoms with E-state index in [0.29, 0.717) is 35.9 Å². The number of aromatic nitrogens is 3. The Hall–Kier alpha value is -3.76. The number of benzene rings is 1. The Kier molecular flexibility index (Phi) is 6.51. The summed E-state index contributed by atoms with van der Waals surface area (Å²) in [7, 11) is 0. The van der Waals surface area contributed by atoms with E-state index >= 15 is 0 Å². The van der Waals surface area contributed by atoms with E-state index in [0.717, 1.165) is 73.8 Å². The number of pyridine rings is 1. The lowest BCUT2D eigenvalue weighted by molar-refractivity contribution is -0.0932. The van der Waals surface area contributed by atoms with Gasteiger partial charge in [0.25, 0.3) is 5.91 Å². The van der Waals surface area contributed by atoms with Crippen LogP contribution in [-0.4, -0.2) is 70.8 Å². The number of nitrogen functional groups attached to an aromatic ring is 1. The van der Waals surface area contributed by atoms with E-state index < -0.39 is 0 Å². The summed E-state index contributed by atoms with van der Waals surface area (Å²) in [6, 6.07) is 10.5. The second kappa shape index (κ2) is 10.3. The largest absolute Gasteiger partial charge is 0.492 e. The van der Waals surface area contributed by atoms with E-state index in [4.69, 9.17) is 15.2 Å². The number of piperidine rings is 1. The van der Waals surface area contributed by atoms with Gasteiger partial charge in [-0.1, -0.05) is 12.1 Å². The minimum atomic E-state index is 0.00615. The Balaban J connectivity index is 0.952. The minimum absolute atomic E-state index is 0.00615. The fourth-order valence-electron chi connectivity index (χ4n) is 6.62. The van der Waals surface area contributed by atoms with Gasteiger partial charge < -0.3 is 25.8 Å². The summed E-state index contributed by atoms with van der Waals surface area (Å²) in [4.78, 5) is 28.6. The second-order valence-electron chi connectivity index (χ2n) is 11.6. The van der Waals surface area contributed by atoms with Gasteiger partial charge in [0.1, 0.15) is 11.6 Å². The van der Waals surface area contributed by atoms with Crippen LogP contribution in [0.3, 0.4) is 0 Å². The zero-order valence-electron chi connectivity index (χ0n) is 22.6. The summed E-state index contributed by atoms with van der Waals surface area (Å²) in [6.07, 6.45) is 8.79. The molecule has 4 N–H and O–H groups in total. The average Bonchev–Trinajstić information content (AvgIpc) is 3.41. The molecule has 3 aliphatic heterocycles. The summed E-state index contributed by atoms with van der Waals surface area (Å²) >= 11 is 0. The molecule has 0 bridgehead atoms. The maximum absolute atomic E-state index is 13.1. The predicted octanol–water partition coefficient (Wildman–Crippen LogP) is 3.04. The van der Waals surface area contributed by atoms with E-state index in [9.17, 15) is 4.79 Å². The molecule has 10 nitrogen and oxygen atoms in total. The highest BCUT2D eigenvalue weighted by molar-refractivity contribution is 5.94. The molecule has 208 valence electrons. The molecule has 2 saturated heterocycles. The average molecular weight is 542 g/mol. The highest BCUT2D eigenvalue weighted by Gasteiger charge is 2.47. The number of hydrogen-bond acceptors (Lipinski definition) is 9. The van der Waals surface area contributed by atoms with Gasteiger partial charge in [-0.2, -0.15) is 0 Å². The zero-order valence-corrected chi connectivity index (χ0v) is 22.6. The Bertz CT molecular complexity index is 1410. The lowest BCUT2D eigenvalue weighted by atomic mass is 9.60. The second-order valence-corrected chi connectivity index (χ2v) is 11.6. The van der Waals surface area contributed by atoms with Crippen LogP contribution in [-0.2, 0) is 17.7 Å². The lowest BCUT2D eigenvalue weighted by Crippen LogP contribution is -2.58. The molecule has 2 aromatic heterocycles. The van der Waals surface area contributed by atoms with Gasteiger partial charge in [-0.05, 0) is 68.0 Å². The smallest absolute Gasteiger partial charge is 0.251 e. The maximum atomic E-state index is 13.1. The Morgan fingerprint density at radius 3 is 2.77 bits per heavy atom. The van der Waals surface area contributed by atoms with Crippen molar-refractivity contribution in [1.82, 2.24) is 25.2 Å². The van der Waals surface area contributed by atoms with Crippen molar-refractivity contribution >= 4 is 17.7 Å². The van der Waals surface area contributed by atoms with Crippen molar-refractivity contribution in [3.63, 3.8) is 0 Å². The number of amides is 1. The van der Waals surface area contributed by atoms with E-state index in [1.807, 2.05) is 24.3 Å². The van der Waals surface area contributed by atoms with Gasteiger partial charge in [0.05, 0.1) is 37.1 Å². The molecule has 0 unspecified atom stereocenters. The molecule has 1 aliphatic carbocycles. The fraction of sp³-hybridized carbons (Fsp3) is 0.467. The first-order valence-corrected chi connectivity index (χ1v) is 14.2. The predicted molar refractivity (Wildman–Crippen MR) is 151 cm³/mol. The van der Waals surface area contributed by atoms with Gasteiger partial charge in [-0.3, -0.25) is 9.69 Å². The number of likely N-dealkylation sites (tertiary alicyclic amines) is 1. The van der Waals surface area contributed by atoms with Crippen molar-refractivity contribution in [2.75, 3.05) is 44.0 Å². The Labute approximate surface area is 233 Å². The molecular weight excluding hydrogens is 506 g/mol. The van der Waals surface area contributed by atoms with E-state index in [2.05, 4.69) is 30.5 Å². The van der Waals surface area contributed by atoms with Crippen LogP contribution in [0.1, 0.15) is 47.2 Å². The van der Waals surface area contributed by atoms with Crippen LogP contribution in [0.15, 0.2) is 42.7 Å². The quantitative estimate of drug-likeness (QED) is 0.414. The first-order chi connectivity index (χ1) is 19.6. The van der Waals surface area contributed by atoms with Crippen molar-refractivity contribution < 1.29 is 14.3 Å². The first-order valence-electron chi connectivity index (χ1n) is 14.2. The number of ether oxygens (including phenoxy) is 2. The molecule has 1 spiro atoms. The molecule has 0 atom stereocenters. The first kappa shape index (κ1) is 25.2. The topological polar surface area (TPSA) is 128 Å². The summed E-state index contributed by atoms with van der Waals surface area (Å²) in [6.45, 7) is 5.24. The number of rotatable bonds is 7. The SMILES string of the molecule is Nc1nccc(-c2cnc(NCc3cccc(C(=O)NC4CC5(CCN(C6COC6)CC5)C4)c3)c3c2OCC3)n1. The third-order valence-corrected chi connectivity index (χ3v) is 9.01. The number of nitrogens with one attached hydrogen (secondary N) is 2. The van der Waals surface area contributed by atoms with Crippen LogP contribution in [0.4, 0.5) is 11.8 Å². The van der Waals surface area contributed by atoms with E-state index in [1.54, 1.807) is 18.5 Å². The van der Waals surface area contributed by atoms with Gasteiger partial charge in [0.15, 0.2) is 0 Å². The molecule has 40 heavy (non-hydrogen) atoms. The number of hydrogen-bond donors (Lipinski definition) is 3. The van der Waals surface area contributed by atoms with Crippen molar-refractivity contribution in [3.05, 3.63) is 59.4 Å². The van der Waals surface area contributed by atoms with Gasteiger partial charge in [-0.15, -0.1) is 0 Å². The van der Waals surface area contributed by atoms with Crippen LogP contribution in [0.5, 0.6) is 5.75 Å². The standard InChI is InChI=1S/C30H35N7O3/c31-29-32-8-4-25(36-29)24-16-34-27(23-5-11-40-26(23)24)33-15-19-2-1-3-20(12-19)28(38)35-21-13-30(14-21)6-9-37(10-7-30)22-17-39-18-22/h1-4,8,12,16,21-22H,5-7,9-11,13-15,17-18H2,(H,33,34)(H,35,38)(H2,31,32,36). The van der Waals surface area contributed by atoms with Crippen LogP contribution >= 0.6 is 0 Å². The molecule has 1 aromatic carbocycles. The van der Waals surface area contributed by atoms with Crippen LogP contribution in [0.25, 0.3) is 11.3 Å². The molecule has 5 heterocycles. The van der Waals surface area contributed by atoms with Crippen molar-refractivity contribution in [1.29, 1.82) is 0 Å². The maximum Gasteiger partial charge on any atom is 0.251 e. The Morgan fingerprint density at radius 2 is 2.00 bits per heavy atom. The molecule has 3 fully saturated rings. The summed E-state index contributed by atoms with van der Waals surface area (Å²) in [5.74, 6) is 1.78. The summed E-state index contributed by atoms with van der Waals surface area (Å²) in [5, 5.41) is 6.73. The number of carbonyl (C=O) groups excluding carboxylic acids is 1. The van der Waals surface area contributed by atoms with E-state index in [-0.39, 0.29) is 17.9 Å². The molecular formula is C30H35N7O3. The van der Waals surface area contributed by atoms with Crippen LogP contribution in [0.2, 0.25) is 0 Å². The number of fused-ring (bicyclic) bond motifs is 1. The normalized spacial score (nSPS) is 20.3. The summed E-state index contributed by atoms with van der Waals surface area (Å²) in [5.41, 5.74) is 10.4. The highest BCUT2D eigenvalue weighted by Crippen LogP contribution is 2.49. The van der Waals surface area contributed by atoms with Crippen LogP contribution in [0, 0.1) is 5.41 Å². The third kappa shape index (κ3) is 4.86. The lowest BCUT2D eigenvalue weighted by Gasteiger charge is -2.54. The number of nitrogens with two attached hydrogens (primary N) is 1. The minimum Gasteiger partial charge on any atom is -0.492 e. The fourth-order valence-corrected chi connectivity index (χ4v) is 6.62. The van der Waals surface area contributed by atoms with E-state index in [1.165, 1.54) is 12.8 Å². The van der Waals surface area contributed by atoms with Gasteiger partial charge in [0, 0.05) is 42.5 Å². The zero-order chi connectivity index (χ0) is 27.1. The van der Waals surface area contributed by atoms with Gasteiger partial charge >= 0.3 is 0 Å². The van der Waals surface area contributed by atoms with Crippen LogP contribution < -0.4 is 21.1 Å². The molecule has 3 aromatic rings.